The summed E-state index contributed by atoms with van der Waals surface area (Å²) >= 11 is 16.5. The molecule has 0 bridgehead atoms. The van der Waals surface area contributed by atoms with Crippen molar-refractivity contribution in [3.8, 4) is 11.5 Å². The number of amides is 2. The van der Waals surface area contributed by atoms with Crippen LogP contribution >= 0.6 is 50.9 Å². The molecular weight excluding hydrogens is 549 g/mol. The van der Waals surface area contributed by atoms with Crippen molar-refractivity contribution in [2.75, 3.05) is 12.0 Å². The molecule has 0 aromatic heterocycles. The van der Waals surface area contributed by atoms with Crippen LogP contribution in [0.4, 0.5) is 10.5 Å². The van der Waals surface area contributed by atoms with E-state index in [1.165, 1.54) is 7.11 Å². The van der Waals surface area contributed by atoms with E-state index in [9.17, 15) is 9.59 Å². The van der Waals surface area contributed by atoms with Gasteiger partial charge in [-0.05, 0) is 75.7 Å². The predicted octanol–water partition coefficient (Wildman–Crippen LogP) is 7.58. The molecule has 9 heteroatoms. The molecule has 0 spiro atoms. The molecule has 2 amide bonds. The number of thioether (sulfide) groups is 1. The van der Waals surface area contributed by atoms with Crippen LogP contribution in [0.3, 0.4) is 0 Å². The van der Waals surface area contributed by atoms with Gasteiger partial charge in [-0.15, -0.1) is 0 Å². The van der Waals surface area contributed by atoms with E-state index in [1.807, 2.05) is 12.1 Å². The van der Waals surface area contributed by atoms with Crippen LogP contribution < -0.4 is 14.4 Å². The van der Waals surface area contributed by atoms with Crippen molar-refractivity contribution in [1.82, 2.24) is 0 Å². The Kier molecular flexibility index (Phi) is 7.34. The van der Waals surface area contributed by atoms with E-state index in [0.717, 1.165) is 27.8 Å². The zero-order valence-corrected chi connectivity index (χ0v) is 21.1. The predicted molar refractivity (Wildman–Crippen MR) is 136 cm³/mol. The smallest absolute Gasteiger partial charge is 0.298 e. The molecule has 1 heterocycles. The number of ether oxygens (including phenoxy) is 2. The van der Waals surface area contributed by atoms with Crippen LogP contribution in [0.2, 0.25) is 10.0 Å². The average molecular weight is 565 g/mol. The first kappa shape index (κ1) is 23.7. The summed E-state index contributed by atoms with van der Waals surface area (Å²) in [6.07, 6.45) is 1.67. The minimum absolute atomic E-state index is 0.270. The number of anilines is 1. The Morgan fingerprint density at radius 2 is 1.82 bits per heavy atom. The summed E-state index contributed by atoms with van der Waals surface area (Å²) < 4.78 is 11.9. The average Bonchev–Trinajstić information content (AvgIpc) is 3.06. The number of methoxy groups -OCH3 is 1. The summed E-state index contributed by atoms with van der Waals surface area (Å²) in [5, 5.41) is 0.708. The molecule has 0 unspecified atom stereocenters. The van der Waals surface area contributed by atoms with Crippen LogP contribution in [-0.4, -0.2) is 18.3 Å². The lowest BCUT2D eigenvalue weighted by Crippen LogP contribution is -2.28. The minimum Gasteiger partial charge on any atom is -0.495 e. The van der Waals surface area contributed by atoms with Gasteiger partial charge in [-0.25, -0.2) is 4.90 Å². The number of hydrogen-bond donors (Lipinski definition) is 0. The Bertz CT molecular complexity index is 1280. The van der Waals surface area contributed by atoms with E-state index >= 15 is 0 Å². The van der Waals surface area contributed by atoms with Crippen molar-refractivity contribution in [3.63, 3.8) is 0 Å². The van der Waals surface area contributed by atoms with Crippen molar-refractivity contribution < 1.29 is 19.1 Å². The number of hydrogen-bond acceptors (Lipinski definition) is 5. The number of halogens is 3. The lowest BCUT2D eigenvalue weighted by atomic mass is 10.2. The highest BCUT2D eigenvalue weighted by Gasteiger charge is 2.37. The van der Waals surface area contributed by atoms with Gasteiger partial charge in [0, 0.05) is 15.6 Å². The molecule has 3 aromatic rings. The summed E-state index contributed by atoms with van der Waals surface area (Å²) in [6.45, 7) is 0.270. The van der Waals surface area contributed by atoms with Gasteiger partial charge in [0.2, 0.25) is 0 Å². The van der Waals surface area contributed by atoms with Gasteiger partial charge in [-0.1, -0.05) is 47.5 Å². The third kappa shape index (κ3) is 5.22. The normalized spacial score (nSPS) is 14.8. The maximum atomic E-state index is 13.0. The molecule has 1 aliphatic heterocycles. The molecule has 3 aromatic carbocycles. The van der Waals surface area contributed by atoms with Gasteiger partial charge in [0.1, 0.15) is 18.1 Å². The molecule has 0 saturated carbocycles. The first-order chi connectivity index (χ1) is 15.9. The first-order valence-electron chi connectivity index (χ1n) is 9.64. The molecule has 4 rings (SSSR count). The quantitative estimate of drug-likeness (QED) is 0.289. The van der Waals surface area contributed by atoms with Crippen LogP contribution in [0.5, 0.6) is 11.5 Å². The van der Waals surface area contributed by atoms with E-state index in [0.29, 0.717) is 36.6 Å². The van der Waals surface area contributed by atoms with E-state index in [1.54, 1.807) is 54.6 Å². The Labute approximate surface area is 213 Å². The van der Waals surface area contributed by atoms with Crippen molar-refractivity contribution in [1.29, 1.82) is 0 Å². The molecule has 168 valence electrons. The molecule has 1 saturated heterocycles. The summed E-state index contributed by atoms with van der Waals surface area (Å²) in [6, 6.07) is 17.5. The van der Waals surface area contributed by atoms with Crippen LogP contribution in [0, 0.1) is 0 Å². The molecule has 1 fully saturated rings. The van der Waals surface area contributed by atoms with Gasteiger partial charge in [-0.2, -0.15) is 0 Å². The van der Waals surface area contributed by atoms with E-state index in [-0.39, 0.29) is 11.8 Å². The highest BCUT2D eigenvalue weighted by molar-refractivity contribution is 9.10. The van der Waals surface area contributed by atoms with Gasteiger partial charge >= 0.3 is 0 Å². The number of para-hydroxylation sites is 2. The highest BCUT2D eigenvalue weighted by Crippen LogP contribution is 2.40. The van der Waals surface area contributed by atoms with Crippen LogP contribution in [0.1, 0.15) is 11.1 Å². The number of benzene rings is 3. The van der Waals surface area contributed by atoms with Gasteiger partial charge < -0.3 is 9.47 Å². The Morgan fingerprint density at radius 3 is 2.55 bits per heavy atom. The lowest BCUT2D eigenvalue weighted by molar-refractivity contribution is -0.113. The largest absolute Gasteiger partial charge is 0.495 e. The lowest BCUT2D eigenvalue weighted by Gasteiger charge is -2.15. The zero-order valence-electron chi connectivity index (χ0n) is 17.2. The van der Waals surface area contributed by atoms with Gasteiger partial charge in [0.25, 0.3) is 11.1 Å². The molecule has 5 nitrogen and oxygen atoms in total. The second-order valence-corrected chi connectivity index (χ2v) is 9.59. The first-order valence-corrected chi connectivity index (χ1v) is 12.0. The second-order valence-electron chi connectivity index (χ2n) is 6.90. The van der Waals surface area contributed by atoms with Crippen molar-refractivity contribution in [2.45, 2.75) is 6.61 Å². The fraction of sp³-hybridized carbons (Fsp3) is 0.0833. The van der Waals surface area contributed by atoms with Crippen LogP contribution in [-0.2, 0) is 11.4 Å². The highest BCUT2D eigenvalue weighted by atomic mass is 79.9. The standard InChI is InChI=1S/C24H16BrCl2NO4S/c1-31-21-5-3-2-4-19(21)28-23(29)22(33-24(28)30)11-14-6-9-20(17(25)10-14)32-13-15-7-8-16(26)12-18(15)27/h2-12H,13H2,1H3/b22-11-. The summed E-state index contributed by atoms with van der Waals surface area (Å²) in [5.41, 5.74) is 1.96. The monoisotopic (exact) mass is 563 g/mol. The van der Waals surface area contributed by atoms with Crippen LogP contribution in [0.25, 0.3) is 6.08 Å². The Hall–Kier alpha value is -2.45. The molecule has 0 radical (unpaired) electrons. The topological polar surface area (TPSA) is 55.8 Å². The SMILES string of the molecule is COc1ccccc1N1C(=O)S/C(=C\c2ccc(OCc3ccc(Cl)cc3Cl)c(Br)c2)C1=O. The summed E-state index contributed by atoms with van der Waals surface area (Å²) in [5.74, 6) is 0.662. The maximum Gasteiger partial charge on any atom is 0.298 e. The molecular formula is C24H16BrCl2NO4S. The Balaban J connectivity index is 1.52. The number of carbonyl (C=O) groups is 2. The van der Waals surface area contributed by atoms with Crippen molar-refractivity contribution >= 4 is 73.8 Å². The number of imide groups is 1. The van der Waals surface area contributed by atoms with E-state index in [2.05, 4.69) is 15.9 Å². The van der Waals surface area contributed by atoms with E-state index in [4.69, 9.17) is 32.7 Å². The van der Waals surface area contributed by atoms with Crippen LogP contribution in [0.15, 0.2) is 70.0 Å². The minimum atomic E-state index is -0.400. The van der Waals surface area contributed by atoms with Gasteiger partial charge in [0.05, 0.1) is 22.2 Å². The zero-order chi connectivity index (χ0) is 23.5. The fourth-order valence-corrected chi connectivity index (χ4v) is 4.97. The molecule has 1 aliphatic rings. The number of carbonyl (C=O) groups excluding carboxylic acids is 2. The molecule has 0 aliphatic carbocycles. The number of nitrogens with zero attached hydrogens (tertiary/aromatic N) is 1. The van der Waals surface area contributed by atoms with Crippen molar-refractivity contribution in [3.05, 3.63) is 91.2 Å². The molecule has 0 N–H and O–H groups in total. The summed E-state index contributed by atoms with van der Waals surface area (Å²) in [4.78, 5) is 27.0. The van der Waals surface area contributed by atoms with E-state index < -0.39 is 5.91 Å². The third-order valence-corrected chi connectivity index (χ3v) is 6.85. The molecule has 33 heavy (non-hydrogen) atoms. The second kappa shape index (κ2) is 10.2. The fourth-order valence-electron chi connectivity index (χ4n) is 3.16. The summed E-state index contributed by atoms with van der Waals surface area (Å²) in [7, 11) is 1.50. The van der Waals surface area contributed by atoms with Gasteiger partial charge in [-0.3, -0.25) is 9.59 Å². The maximum absolute atomic E-state index is 13.0. The number of rotatable bonds is 6. The Morgan fingerprint density at radius 1 is 1.03 bits per heavy atom. The van der Waals surface area contributed by atoms with Crippen molar-refractivity contribution in [2.24, 2.45) is 0 Å². The third-order valence-electron chi connectivity index (χ3n) is 4.77. The van der Waals surface area contributed by atoms with Gasteiger partial charge in [0.15, 0.2) is 0 Å². The molecule has 0 atom stereocenters.